The maximum absolute atomic E-state index is 12.8. The predicted molar refractivity (Wildman–Crippen MR) is 73.4 cm³/mol. The average molecular weight is 323 g/mol. The third-order valence-electron chi connectivity index (χ3n) is 3.97. The van der Waals surface area contributed by atoms with Gasteiger partial charge in [-0.1, -0.05) is 24.9 Å². The van der Waals surface area contributed by atoms with Gasteiger partial charge < -0.3 is 0 Å². The minimum absolute atomic E-state index is 0.106. The Hall–Kier alpha value is -1.04. The first-order valence-electron chi connectivity index (χ1n) is 7.16. The summed E-state index contributed by atoms with van der Waals surface area (Å²) in [5, 5.41) is 4.26. The molecular formula is C14H18ClF3N2O. The number of alkyl halides is 3. The van der Waals surface area contributed by atoms with Gasteiger partial charge in [-0.3, -0.25) is 9.48 Å². The molecule has 0 radical (unpaired) electrons. The number of ketones is 1. The lowest BCUT2D eigenvalue weighted by Crippen LogP contribution is -2.32. The normalized spacial score (nSPS) is 23.3. The first-order valence-corrected chi connectivity index (χ1v) is 7.54. The van der Waals surface area contributed by atoms with Gasteiger partial charge in [0.15, 0.2) is 5.78 Å². The van der Waals surface area contributed by atoms with Crippen molar-refractivity contribution in [2.45, 2.75) is 51.7 Å². The van der Waals surface area contributed by atoms with E-state index in [0.29, 0.717) is 19.4 Å². The van der Waals surface area contributed by atoms with Crippen molar-refractivity contribution in [3.05, 3.63) is 16.9 Å². The molecule has 0 amide bonds. The van der Waals surface area contributed by atoms with Crippen LogP contribution in [0.15, 0.2) is 6.20 Å². The van der Waals surface area contributed by atoms with Gasteiger partial charge in [0.2, 0.25) is 0 Å². The summed E-state index contributed by atoms with van der Waals surface area (Å²) >= 11 is 5.99. The van der Waals surface area contributed by atoms with Gasteiger partial charge >= 0.3 is 6.18 Å². The summed E-state index contributed by atoms with van der Waals surface area (Å²) in [5.41, 5.74) is 0.256. The fourth-order valence-corrected chi connectivity index (χ4v) is 3.14. The Bertz CT molecular complexity index is 513. The third kappa shape index (κ3) is 3.59. The fraction of sp³-hybridized carbons (Fsp3) is 0.714. The SMILES string of the molecule is CCCn1ncc(Cl)c1C(=O)C1CCCC(C(F)(F)F)C1. The van der Waals surface area contributed by atoms with Crippen LogP contribution in [-0.2, 0) is 6.54 Å². The van der Waals surface area contributed by atoms with Crippen molar-refractivity contribution in [3.63, 3.8) is 0 Å². The standard InChI is InChI=1S/C14H18ClF3N2O/c1-2-6-20-12(11(15)8-19-20)13(21)9-4-3-5-10(7-9)14(16,17)18/h8-10H,2-7H2,1H3. The number of rotatable bonds is 4. The molecule has 118 valence electrons. The first kappa shape index (κ1) is 16.3. The quantitative estimate of drug-likeness (QED) is 0.765. The van der Waals surface area contributed by atoms with E-state index in [0.717, 1.165) is 6.42 Å². The molecule has 2 atom stereocenters. The van der Waals surface area contributed by atoms with Crippen LogP contribution in [0.2, 0.25) is 5.02 Å². The van der Waals surface area contributed by atoms with Gasteiger partial charge in [0.05, 0.1) is 17.1 Å². The molecule has 1 fully saturated rings. The summed E-state index contributed by atoms with van der Waals surface area (Å²) in [5.74, 6) is -2.31. The number of Topliss-reactive ketones (excluding diaryl/α,β-unsaturated/α-hetero) is 1. The smallest absolute Gasteiger partial charge is 0.292 e. The summed E-state index contributed by atoms with van der Waals surface area (Å²) < 4.78 is 40.0. The van der Waals surface area contributed by atoms with Crippen molar-refractivity contribution in [3.8, 4) is 0 Å². The van der Waals surface area contributed by atoms with Crippen LogP contribution < -0.4 is 0 Å². The van der Waals surface area contributed by atoms with Crippen LogP contribution in [0, 0.1) is 11.8 Å². The van der Waals surface area contributed by atoms with E-state index in [1.807, 2.05) is 6.92 Å². The molecule has 2 rings (SSSR count). The molecule has 0 N–H and O–H groups in total. The number of carbonyl (C=O) groups is 1. The molecule has 0 aliphatic heterocycles. The van der Waals surface area contributed by atoms with Crippen LogP contribution in [0.4, 0.5) is 13.2 Å². The number of aryl methyl sites for hydroxylation is 1. The molecule has 0 saturated heterocycles. The third-order valence-corrected chi connectivity index (χ3v) is 4.25. The molecular weight excluding hydrogens is 305 g/mol. The van der Waals surface area contributed by atoms with Crippen molar-refractivity contribution in [1.82, 2.24) is 9.78 Å². The van der Waals surface area contributed by atoms with Gasteiger partial charge in [-0.15, -0.1) is 0 Å². The Morgan fingerprint density at radius 1 is 1.48 bits per heavy atom. The Labute approximate surface area is 126 Å². The van der Waals surface area contributed by atoms with Crippen LogP contribution >= 0.6 is 11.6 Å². The molecule has 1 aliphatic rings. The van der Waals surface area contributed by atoms with Gasteiger partial charge in [-0.25, -0.2) is 0 Å². The second-order valence-corrected chi connectivity index (χ2v) is 5.94. The molecule has 0 bridgehead atoms. The van der Waals surface area contributed by atoms with E-state index in [9.17, 15) is 18.0 Å². The Morgan fingerprint density at radius 3 is 2.81 bits per heavy atom. The zero-order chi connectivity index (χ0) is 15.6. The molecule has 0 aromatic carbocycles. The molecule has 0 spiro atoms. The molecule has 3 nitrogen and oxygen atoms in total. The maximum atomic E-state index is 12.8. The fourth-order valence-electron chi connectivity index (χ4n) is 2.91. The van der Waals surface area contributed by atoms with Crippen LogP contribution in [0.1, 0.15) is 49.5 Å². The molecule has 7 heteroatoms. The van der Waals surface area contributed by atoms with Crippen molar-refractivity contribution < 1.29 is 18.0 Å². The molecule has 1 aromatic heterocycles. The van der Waals surface area contributed by atoms with Crippen LogP contribution in [0.25, 0.3) is 0 Å². The maximum Gasteiger partial charge on any atom is 0.391 e. The largest absolute Gasteiger partial charge is 0.391 e. The number of nitrogens with zero attached hydrogens (tertiary/aromatic N) is 2. The lowest BCUT2D eigenvalue weighted by atomic mass is 9.78. The molecule has 1 aliphatic carbocycles. The lowest BCUT2D eigenvalue weighted by molar-refractivity contribution is -0.184. The minimum atomic E-state index is -4.23. The van der Waals surface area contributed by atoms with E-state index in [-0.39, 0.29) is 29.3 Å². The number of aromatic nitrogens is 2. The highest BCUT2D eigenvalue weighted by Gasteiger charge is 2.44. The highest BCUT2D eigenvalue weighted by atomic mass is 35.5. The van der Waals surface area contributed by atoms with E-state index in [1.54, 1.807) is 0 Å². The van der Waals surface area contributed by atoms with Crippen LogP contribution in [0.3, 0.4) is 0 Å². The Morgan fingerprint density at radius 2 is 2.19 bits per heavy atom. The number of hydrogen-bond acceptors (Lipinski definition) is 2. The zero-order valence-electron chi connectivity index (χ0n) is 11.8. The molecule has 21 heavy (non-hydrogen) atoms. The molecule has 2 unspecified atom stereocenters. The van der Waals surface area contributed by atoms with Crippen LogP contribution in [0.5, 0.6) is 0 Å². The predicted octanol–water partition coefficient (Wildman–Crippen LogP) is 4.50. The summed E-state index contributed by atoms with van der Waals surface area (Å²) in [4.78, 5) is 12.5. The van der Waals surface area contributed by atoms with E-state index >= 15 is 0 Å². The summed E-state index contributed by atoms with van der Waals surface area (Å²) in [6, 6.07) is 0. The second kappa shape index (κ2) is 6.38. The lowest BCUT2D eigenvalue weighted by Gasteiger charge is -2.29. The Kier molecular flexibility index (Phi) is 4.96. The van der Waals surface area contributed by atoms with Gasteiger partial charge in [-0.05, 0) is 25.7 Å². The van der Waals surface area contributed by atoms with Crippen molar-refractivity contribution in [2.75, 3.05) is 0 Å². The van der Waals surface area contributed by atoms with E-state index in [2.05, 4.69) is 5.10 Å². The van der Waals surface area contributed by atoms with Gasteiger partial charge in [0, 0.05) is 12.5 Å². The van der Waals surface area contributed by atoms with Gasteiger partial charge in [0.25, 0.3) is 0 Å². The monoisotopic (exact) mass is 322 g/mol. The topological polar surface area (TPSA) is 34.9 Å². The van der Waals surface area contributed by atoms with E-state index < -0.39 is 18.0 Å². The second-order valence-electron chi connectivity index (χ2n) is 5.53. The minimum Gasteiger partial charge on any atom is -0.292 e. The van der Waals surface area contributed by atoms with Gasteiger partial charge in [-0.2, -0.15) is 18.3 Å². The molecule has 1 aromatic rings. The Balaban J connectivity index is 2.18. The molecule has 1 saturated carbocycles. The van der Waals surface area contributed by atoms with Crippen LogP contribution in [-0.4, -0.2) is 21.7 Å². The van der Waals surface area contributed by atoms with Crippen molar-refractivity contribution in [2.24, 2.45) is 11.8 Å². The summed E-state index contributed by atoms with van der Waals surface area (Å²) in [6.07, 6.45) is -1.21. The van der Waals surface area contributed by atoms with Gasteiger partial charge in [0.1, 0.15) is 5.69 Å². The summed E-state index contributed by atoms with van der Waals surface area (Å²) in [7, 11) is 0. The number of carbonyl (C=O) groups excluding carboxylic acids is 1. The number of hydrogen-bond donors (Lipinski definition) is 0. The molecule has 1 heterocycles. The van der Waals surface area contributed by atoms with Crippen molar-refractivity contribution in [1.29, 1.82) is 0 Å². The number of halogens is 4. The average Bonchev–Trinajstić information content (AvgIpc) is 2.79. The zero-order valence-corrected chi connectivity index (χ0v) is 12.5. The summed E-state index contributed by atoms with van der Waals surface area (Å²) in [6.45, 7) is 2.47. The highest BCUT2D eigenvalue weighted by molar-refractivity contribution is 6.33. The highest BCUT2D eigenvalue weighted by Crippen LogP contribution is 2.41. The first-order chi connectivity index (χ1) is 9.84. The van der Waals surface area contributed by atoms with E-state index in [1.165, 1.54) is 10.9 Å². The van der Waals surface area contributed by atoms with Crippen molar-refractivity contribution >= 4 is 17.4 Å². The van der Waals surface area contributed by atoms with E-state index in [4.69, 9.17) is 11.6 Å².